The van der Waals surface area contributed by atoms with Gasteiger partial charge in [-0.1, -0.05) is 24.3 Å². The number of nitro groups is 1. The van der Waals surface area contributed by atoms with E-state index in [2.05, 4.69) is 5.32 Å². The third-order valence-electron chi connectivity index (χ3n) is 3.75. The molecule has 2 atom stereocenters. The van der Waals surface area contributed by atoms with Crippen molar-refractivity contribution in [3.05, 3.63) is 69.5 Å². The van der Waals surface area contributed by atoms with Crippen molar-refractivity contribution >= 4 is 11.4 Å². The number of hydrogen-bond acceptors (Lipinski definition) is 4. The lowest BCUT2D eigenvalue weighted by molar-refractivity contribution is -0.387. The van der Waals surface area contributed by atoms with Crippen molar-refractivity contribution < 1.29 is 9.31 Å². The van der Waals surface area contributed by atoms with Crippen molar-refractivity contribution in [3.8, 4) is 0 Å². The molecular formula is C15H14FN3O2. The molecule has 0 radical (unpaired) electrons. The van der Waals surface area contributed by atoms with Crippen LogP contribution in [-0.4, -0.2) is 4.92 Å². The number of nitrogens with zero attached hydrogens (tertiary/aromatic N) is 1. The monoisotopic (exact) mass is 287 g/mol. The lowest BCUT2D eigenvalue weighted by Gasteiger charge is -2.15. The van der Waals surface area contributed by atoms with Gasteiger partial charge in [0, 0.05) is 23.9 Å². The van der Waals surface area contributed by atoms with Crippen LogP contribution in [0.1, 0.15) is 29.6 Å². The highest BCUT2D eigenvalue weighted by Gasteiger charge is 2.28. The number of nitro benzene ring substituents is 1. The summed E-state index contributed by atoms with van der Waals surface area (Å²) in [5.74, 6) is -0.847. The Kier molecular flexibility index (Phi) is 3.31. The van der Waals surface area contributed by atoms with Crippen molar-refractivity contribution in [1.29, 1.82) is 0 Å². The number of fused-ring (bicyclic) bond motifs is 1. The highest BCUT2D eigenvalue weighted by atomic mass is 19.1. The van der Waals surface area contributed by atoms with E-state index in [1.165, 1.54) is 12.1 Å². The molecule has 0 spiro atoms. The summed E-state index contributed by atoms with van der Waals surface area (Å²) in [6.45, 7) is 0. The SMILES string of the molecule is NC1CC(Nc2ccc([N+](=O)[O-])c(F)c2)c2ccccc21. The van der Waals surface area contributed by atoms with E-state index in [4.69, 9.17) is 5.73 Å². The van der Waals surface area contributed by atoms with Gasteiger partial charge < -0.3 is 11.1 Å². The fourth-order valence-corrected chi connectivity index (χ4v) is 2.76. The summed E-state index contributed by atoms with van der Waals surface area (Å²) in [7, 11) is 0. The molecule has 0 bridgehead atoms. The normalized spacial score (nSPS) is 20.1. The maximum absolute atomic E-state index is 13.6. The van der Waals surface area contributed by atoms with Gasteiger partial charge >= 0.3 is 5.69 Å². The highest BCUT2D eigenvalue weighted by Crippen LogP contribution is 2.39. The van der Waals surface area contributed by atoms with Gasteiger partial charge in [0.25, 0.3) is 0 Å². The predicted octanol–water partition coefficient (Wildman–Crippen LogP) is 3.29. The van der Waals surface area contributed by atoms with Crippen molar-refractivity contribution in [2.45, 2.75) is 18.5 Å². The van der Waals surface area contributed by atoms with Gasteiger partial charge in [0.1, 0.15) is 0 Å². The van der Waals surface area contributed by atoms with Crippen LogP contribution in [0.3, 0.4) is 0 Å². The van der Waals surface area contributed by atoms with Crippen LogP contribution in [-0.2, 0) is 0 Å². The molecule has 0 saturated heterocycles. The Labute approximate surface area is 120 Å². The van der Waals surface area contributed by atoms with E-state index in [0.717, 1.165) is 17.2 Å². The molecule has 0 amide bonds. The van der Waals surface area contributed by atoms with Crippen LogP contribution in [0.15, 0.2) is 42.5 Å². The summed E-state index contributed by atoms with van der Waals surface area (Å²) in [4.78, 5) is 9.88. The summed E-state index contributed by atoms with van der Waals surface area (Å²) in [5.41, 5.74) is 8.23. The number of hydrogen-bond donors (Lipinski definition) is 2. The Balaban J connectivity index is 1.85. The average Bonchev–Trinajstić information content (AvgIpc) is 2.76. The molecule has 108 valence electrons. The summed E-state index contributed by atoms with van der Waals surface area (Å²) >= 11 is 0. The van der Waals surface area contributed by atoms with Gasteiger partial charge in [0.05, 0.1) is 11.0 Å². The van der Waals surface area contributed by atoms with Crippen LogP contribution in [0.5, 0.6) is 0 Å². The second-order valence-corrected chi connectivity index (χ2v) is 5.09. The van der Waals surface area contributed by atoms with Crippen LogP contribution >= 0.6 is 0 Å². The van der Waals surface area contributed by atoms with Crippen molar-refractivity contribution in [3.63, 3.8) is 0 Å². The Morgan fingerprint density at radius 3 is 2.62 bits per heavy atom. The van der Waals surface area contributed by atoms with E-state index < -0.39 is 16.4 Å². The number of nitrogens with one attached hydrogen (secondary N) is 1. The second-order valence-electron chi connectivity index (χ2n) is 5.09. The smallest absolute Gasteiger partial charge is 0.304 e. The van der Waals surface area contributed by atoms with E-state index in [0.29, 0.717) is 12.1 Å². The van der Waals surface area contributed by atoms with Crippen LogP contribution in [0.4, 0.5) is 15.8 Å². The molecule has 0 heterocycles. The minimum atomic E-state index is -0.847. The van der Waals surface area contributed by atoms with Gasteiger partial charge in [0.15, 0.2) is 0 Å². The summed E-state index contributed by atoms with van der Waals surface area (Å²) < 4.78 is 13.6. The molecule has 3 N–H and O–H groups in total. The first-order valence-corrected chi connectivity index (χ1v) is 6.61. The molecule has 0 aromatic heterocycles. The number of nitrogens with two attached hydrogens (primary N) is 1. The van der Waals surface area contributed by atoms with Gasteiger partial charge in [-0.2, -0.15) is 4.39 Å². The quantitative estimate of drug-likeness (QED) is 0.670. The van der Waals surface area contributed by atoms with Gasteiger partial charge in [-0.3, -0.25) is 10.1 Å². The molecule has 0 saturated carbocycles. The van der Waals surface area contributed by atoms with Crippen molar-refractivity contribution in [2.24, 2.45) is 5.73 Å². The molecule has 5 nitrogen and oxygen atoms in total. The molecule has 1 aliphatic rings. The van der Waals surface area contributed by atoms with Gasteiger partial charge in [-0.15, -0.1) is 0 Å². The Morgan fingerprint density at radius 1 is 1.24 bits per heavy atom. The lowest BCUT2D eigenvalue weighted by atomic mass is 10.1. The van der Waals surface area contributed by atoms with Gasteiger partial charge in [-0.25, -0.2) is 0 Å². The summed E-state index contributed by atoms with van der Waals surface area (Å²) in [5, 5.41) is 13.8. The highest BCUT2D eigenvalue weighted by molar-refractivity contribution is 5.53. The fraction of sp³-hybridized carbons (Fsp3) is 0.200. The minimum absolute atomic E-state index is 0.0166. The largest absolute Gasteiger partial charge is 0.378 e. The minimum Gasteiger partial charge on any atom is -0.378 e. The van der Waals surface area contributed by atoms with Crippen molar-refractivity contribution in [1.82, 2.24) is 0 Å². The molecular weight excluding hydrogens is 273 g/mol. The molecule has 0 aliphatic heterocycles. The zero-order valence-electron chi connectivity index (χ0n) is 11.1. The molecule has 2 unspecified atom stereocenters. The molecule has 3 rings (SSSR count). The van der Waals surface area contributed by atoms with Crippen LogP contribution in [0.25, 0.3) is 0 Å². The number of halogens is 1. The number of rotatable bonds is 3. The Morgan fingerprint density at radius 2 is 1.95 bits per heavy atom. The molecule has 0 fully saturated rings. The summed E-state index contributed by atoms with van der Waals surface area (Å²) in [6, 6.07) is 11.6. The average molecular weight is 287 g/mol. The Hall–Kier alpha value is -2.47. The van der Waals surface area contributed by atoms with Crippen molar-refractivity contribution in [2.75, 3.05) is 5.32 Å². The van der Waals surface area contributed by atoms with Gasteiger partial charge in [-0.05, 0) is 23.6 Å². The first-order chi connectivity index (χ1) is 10.1. The third-order valence-corrected chi connectivity index (χ3v) is 3.75. The van der Waals surface area contributed by atoms with E-state index in [9.17, 15) is 14.5 Å². The fourth-order valence-electron chi connectivity index (χ4n) is 2.76. The Bertz CT molecular complexity index is 705. The first-order valence-electron chi connectivity index (χ1n) is 6.61. The standard InChI is InChI=1S/C15H14FN3O2/c16-12-7-9(5-6-15(12)19(20)21)18-14-8-13(17)10-3-1-2-4-11(10)14/h1-7,13-14,18H,8,17H2. The van der Waals surface area contributed by atoms with E-state index >= 15 is 0 Å². The zero-order valence-corrected chi connectivity index (χ0v) is 11.1. The predicted molar refractivity (Wildman–Crippen MR) is 77.4 cm³/mol. The number of anilines is 1. The molecule has 6 heteroatoms. The van der Waals surface area contributed by atoms with E-state index in [1.54, 1.807) is 0 Å². The zero-order chi connectivity index (χ0) is 15.0. The van der Waals surface area contributed by atoms with Gasteiger partial charge in [0.2, 0.25) is 5.82 Å². The number of benzene rings is 2. The lowest BCUT2D eigenvalue weighted by Crippen LogP contribution is -2.10. The van der Waals surface area contributed by atoms with Crippen LogP contribution in [0, 0.1) is 15.9 Å². The molecule has 2 aromatic carbocycles. The summed E-state index contributed by atoms with van der Waals surface area (Å²) in [6.07, 6.45) is 0.706. The maximum Gasteiger partial charge on any atom is 0.304 e. The topological polar surface area (TPSA) is 81.2 Å². The van der Waals surface area contributed by atoms with Crippen LogP contribution in [0.2, 0.25) is 0 Å². The molecule has 1 aliphatic carbocycles. The molecule has 2 aromatic rings. The first kappa shape index (κ1) is 13.5. The van der Waals surface area contributed by atoms with E-state index in [-0.39, 0.29) is 12.1 Å². The maximum atomic E-state index is 13.6. The van der Waals surface area contributed by atoms with E-state index in [1.807, 2.05) is 24.3 Å². The van der Waals surface area contributed by atoms with Crippen LogP contribution < -0.4 is 11.1 Å². The third kappa shape index (κ3) is 2.45. The molecule has 21 heavy (non-hydrogen) atoms. The second kappa shape index (κ2) is 5.14.